The zero-order chi connectivity index (χ0) is 15.1. The molecule has 0 amide bonds. The normalized spacial score (nSPS) is 12.4. The predicted molar refractivity (Wildman–Crippen MR) is 58.7 cm³/mol. The quantitative estimate of drug-likeness (QED) is 0.317. The molecular formula is C14H10Mo2O4. The summed E-state index contributed by atoms with van der Waals surface area (Å²) in [6.45, 7) is 18.0. The second kappa shape index (κ2) is 60.9. The summed E-state index contributed by atoms with van der Waals surface area (Å²) in [7, 11) is 0. The molecule has 2 rings (SSSR count). The fourth-order valence-corrected chi connectivity index (χ4v) is 0.642. The fourth-order valence-electron chi connectivity index (χ4n) is 0.642. The van der Waals surface area contributed by atoms with Crippen LogP contribution < -0.4 is 0 Å². The van der Waals surface area contributed by atoms with E-state index in [9.17, 15) is 0 Å². The van der Waals surface area contributed by atoms with Gasteiger partial charge in [0, 0.05) is 42.1 Å². The van der Waals surface area contributed by atoms with Crippen molar-refractivity contribution in [3.63, 3.8) is 0 Å². The molecule has 0 atom stereocenters. The molecule has 2 fully saturated rings. The molecule has 0 spiro atoms. The average Bonchev–Trinajstić information content (AvgIpc) is 3.25. The first kappa shape index (κ1) is 37.0. The van der Waals surface area contributed by atoms with Crippen LogP contribution in [0, 0.1) is 90.8 Å². The third-order valence-corrected chi connectivity index (χ3v) is 1.11. The molecule has 10 radical (unpaired) electrons. The monoisotopic (exact) mass is 438 g/mol. The largest absolute Gasteiger partial charge is 0.0312 e. The van der Waals surface area contributed by atoms with E-state index in [0.29, 0.717) is 0 Å². The van der Waals surface area contributed by atoms with Gasteiger partial charge in [-0.3, -0.25) is 0 Å². The minimum Gasteiger partial charge on any atom is -0.0312 e. The van der Waals surface area contributed by atoms with Crippen LogP contribution in [0.2, 0.25) is 0 Å². The van der Waals surface area contributed by atoms with E-state index < -0.39 is 0 Å². The Morgan fingerprint density at radius 2 is 0.350 bits per heavy atom. The minimum atomic E-state index is 0. The first-order valence-corrected chi connectivity index (χ1v) is 4.15. The van der Waals surface area contributed by atoms with E-state index in [2.05, 4.69) is 26.6 Å². The van der Waals surface area contributed by atoms with Crippen LogP contribution in [0.15, 0.2) is 0 Å². The van der Waals surface area contributed by atoms with Crippen molar-refractivity contribution in [2.24, 2.45) is 0 Å². The van der Waals surface area contributed by atoms with Crippen LogP contribution in [0.1, 0.15) is 0 Å². The summed E-state index contributed by atoms with van der Waals surface area (Å²) < 4.78 is 30.0. The van der Waals surface area contributed by atoms with Crippen LogP contribution in [-0.4, -0.2) is 0 Å². The van der Waals surface area contributed by atoms with Crippen LogP contribution in [0.4, 0.5) is 0 Å². The Kier molecular flexibility index (Phi) is 113. The summed E-state index contributed by atoms with van der Waals surface area (Å²) in [5.74, 6) is 0. The van der Waals surface area contributed by atoms with E-state index in [1.54, 1.807) is 0 Å². The van der Waals surface area contributed by atoms with Crippen molar-refractivity contribution in [1.29, 1.82) is 0 Å². The summed E-state index contributed by atoms with van der Waals surface area (Å²) in [6, 6.07) is 0. The molecule has 0 aromatic carbocycles. The van der Waals surface area contributed by atoms with E-state index in [-0.39, 0.29) is 42.1 Å². The van der Waals surface area contributed by atoms with E-state index >= 15 is 0 Å². The molecule has 20 heavy (non-hydrogen) atoms. The third kappa shape index (κ3) is 51.6. The maximum absolute atomic E-state index is 7.50. The summed E-state index contributed by atoms with van der Waals surface area (Å²) in [5.41, 5.74) is 0. The van der Waals surface area contributed by atoms with Crippen LogP contribution in [-0.2, 0) is 60.7 Å². The maximum atomic E-state index is 7.50. The van der Waals surface area contributed by atoms with Gasteiger partial charge in [-0.15, -0.1) is 0 Å². The van der Waals surface area contributed by atoms with Crippen molar-refractivity contribution in [2.75, 3.05) is 0 Å². The van der Waals surface area contributed by atoms with Crippen molar-refractivity contribution in [3.05, 3.63) is 90.8 Å². The Bertz CT molecular complexity index is 143. The molecule has 0 saturated heterocycles. The molecule has 2 aliphatic carbocycles. The van der Waals surface area contributed by atoms with Gasteiger partial charge < -0.3 is 0 Å². The Hall–Kier alpha value is 0.337. The van der Waals surface area contributed by atoms with Gasteiger partial charge in [-0.2, -0.15) is 0 Å². The summed E-state index contributed by atoms with van der Waals surface area (Å²) >= 11 is 0. The maximum Gasteiger partial charge on any atom is 0 e. The van der Waals surface area contributed by atoms with E-state index in [1.807, 2.05) is 64.2 Å². The molecule has 0 heterocycles. The van der Waals surface area contributed by atoms with Crippen LogP contribution in [0.25, 0.3) is 0 Å². The van der Waals surface area contributed by atoms with E-state index in [0.717, 1.165) is 0 Å². The minimum absolute atomic E-state index is 0. The Balaban J connectivity index is -0.0000000311. The van der Waals surface area contributed by atoms with Crippen molar-refractivity contribution >= 4 is 0 Å². The smallest absolute Gasteiger partial charge is 0 e. The fraction of sp³-hybridized carbons (Fsp3) is 0. The molecule has 0 N–H and O–H groups in total. The topological polar surface area (TPSA) is 79.6 Å². The Morgan fingerprint density at radius 3 is 0.400 bits per heavy atom. The molecule has 0 bridgehead atoms. The second-order valence-electron chi connectivity index (χ2n) is 1.92. The van der Waals surface area contributed by atoms with Gasteiger partial charge in [0.2, 0.25) is 0 Å². The van der Waals surface area contributed by atoms with Gasteiger partial charge in [0.1, 0.15) is 0 Å². The van der Waals surface area contributed by atoms with Crippen molar-refractivity contribution in [2.45, 2.75) is 0 Å². The Morgan fingerprint density at radius 1 is 0.300 bits per heavy atom. The standard InChI is InChI=1S/2C5H5.4CO.2Mo/c2*1-2-4-5-3-1;4*1-2;;/h2*1-5H;;;;;;. The first-order chi connectivity index (χ1) is 9.00. The number of rotatable bonds is 0. The van der Waals surface area contributed by atoms with Crippen LogP contribution in [0.3, 0.4) is 0 Å². The van der Waals surface area contributed by atoms with E-state index in [1.165, 1.54) is 0 Å². The zero-order valence-corrected chi connectivity index (χ0v) is 14.2. The average molecular weight is 434 g/mol. The Labute approximate surface area is 151 Å². The van der Waals surface area contributed by atoms with Gasteiger partial charge >= 0.3 is 45.2 Å². The summed E-state index contributed by atoms with van der Waals surface area (Å²) in [4.78, 5) is 0. The molecule has 4 nitrogen and oxygen atoms in total. The summed E-state index contributed by atoms with van der Waals surface area (Å²) in [6.07, 6.45) is 20.0. The molecule has 0 unspecified atom stereocenters. The van der Waals surface area contributed by atoms with Gasteiger partial charge in [0.15, 0.2) is 0 Å². The molecular weight excluding hydrogens is 424 g/mol. The van der Waals surface area contributed by atoms with Crippen molar-refractivity contribution in [3.8, 4) is 0 Å². The summed E-state index contributed by atoms with van der Waals surface area (Å²) in [5, 5.41) is 0. The molecule has 6 heteroatoms. The number of hydrogen-bond acceptors (Lipinski definition) is 0. The third-order valence-electron chi connectivity index (χ3n) is 1.11. The molecule has 0 aromatic heterocycles. The first-order valence-electron chi connectivity index (χ1n) is 4.15. The molecule has 0 aromatic rings. The van der Waals surface area contributed by atoms with Gasteiger partial charge in [-0.1, -0.05) is 0 Å². The van der Waals surface area contributed by atoms with Gasteiger partial charge in [-0.05, 0) is 64.2 Å². The van der Waals surface area contributed by atoms with E-state index in [4.69, 9.17) is 18.6 Å². The molecule has 2 saturated carbocycles. The number of hydrogen-bond donors (Lipinski definition) is 0. The predicted octanol–water partition coefficient (Wildman–Crippen LogP) is 1.89. The van der Waals surface area contributed by atoms with Crippen LogP contribution >= 0.6 is 0 Å². The van der Waals surface area contributed by atoms with Gasteiger partial charge in [0.05, 0.1) is 0 Å². The van der Waals surface area contributed by atoms with Gasteiger partial charge in [-0.25, -0.2) is 0 Å². The van der Waals surface area contributed by atoms with Gasteiger partial charge in [0.25, 0.3) is 0 Å². The molecule has 0 aliphatic heterocycles. The zero-order valence-electron chi connectivity index (χ0n) is 10.2. The van der Waals surface area contributed by atoms with Crippen molar-refractivity contribution in [1.82, 2.24) is 0 Å². The SMILES string of the molecule is [C-]#[O+].[C-]#[O+].[C-]#[O+].[C-]#[O+].[CH]1[CH][CH][CH][CH]1.[CH]1[CH][CH][CH][CH]1.[Mo].[Mo]. The van der Waals surface area contributed by atoms with Crippen LogP contribution in [0.5, 0.6) is 0 Å². The second-order valence-corrected chi connectivity index (χ2v) is 1.92. The molecule has 2 aliphatic rings. The molecule has 102 valence electrons. The van der Waals surface area contributed by atoms with Crippen molar-refractivity contribution < 1.29 is 60.7 Å².